The maximum absolute atomic E-state index is 11.7. The number of ketones is 1. The maximum atomic E-state index is 11.7. The first-order chi connectivity index (χ1) is 9.29. The fourth-order valence-electron chi connectivity index (χ4n) is 5.35. The molecular formula is C18H30O2. The predicted octanol–water partition coefficient (Wildman–Crippen LogP) is 4.37. The normalized spacial score (nSPS) is 45.1. The summed E-state index contributed by atoms with van der Waals surface area (Å²) in [6.45, 7) is 8.99. The van der Waals surface area contributed by atoms with Crippen LogP contribution in [0.1, 0.15) is 72.6 Å². The molecule has 0 amide bonds. The summed E-state index contributed by atoms with van der Waals surface area (Å²) in [5.74, 6) is 2.78. The SMILES string of the molecule is CC(C)(C)O[C@@H]1CC[C@@H]2[C@H]3CCC(=O)C[C@@H]3CC[C@]21C. The summed E-state index contributed by atoms with van der Waals surface area (Å²) in [6, 6.07) is 0. The van der Waals surface area contributed by atoms with Gasteiger partial charge in [0.1, 0.15) is 5.78 Å². The highest BCUT2D eigenvalue weighted by molar-refractivity contribution is 5.79. The van der Waals surface area contributed by atoms with Crippen LogP contribution in [0.3, 0.4) is 0 Å². The molecule has 0 bridgehead atoms. The van der Waals surface area contributed by atoms with Crippen molar-refractivity contribution in [1.82, 2.24) is 0 Å². The molecule has 114 valence electrons. The number of Topliss-reactive ketones (excluding diaryl/α,β-unsaturated/α-hetero) is 1. The van der Waals surface area contributed by atoms with E-state index in [1.807, 2.05) is 0 Å². The van der Waals surface area contributed by atoms with Gasteiger partial charge in [-0.3, -0.25) is 4.79 Å². The van der Waals surface area contributed by atoms with E-state index in [1.165, 1.54) is 25.7 Å². The lowest BCUT2D eigenvalue weighted by molar-refractivity contribution is -0.138. The molecule has 0 aromatic carbocycles. The van der Waals surface area contributed by atoms with Gasteiger partial charge in [0.25, 0.3) is 0 Å². The zero-order chi connectivity index (χ0) is 14.5. The Morgan fingerprint density at radius 3 is 2.60 bits per heavy atom. The minimum atomic E-state index is -0.0397. The van der Waals surface area contributed by atoms with E-state index >= 15 is 0 Å². The van der Waals surface area contributed by atoms with E-state index in [0.717, 1.165) is 31.1 Å². The molecule has 0 aliphatic heterocycles. The molecule has 0 radical (unpaired) electrons. The Bertz CT molecular complexity index is 395. The molecule has 3 rings (SSSR count). The van der Waals surface area contributed by atoms with Crippen LogP contribution in [0, 0.1) is 23.2 Å². The fourth-order valence-corrected chi connectivity index (χ4v) is 5.35. The topological polar surface area (TPSA) is 26.3 Å². The van der Waals surface area contributed by atoms with Crippen molar-refractivity contribution < 1.29 is 9.53 Å². The summed E-state index contributed by atoms with van der Waals surface area (Å²) in [7, 11) is 0. The van der Waals surface area contributed by atoms with E-state index in [2.05, 4.69) is 27.7 Å². The van der Waals surface area contributed by atoms with Gasteiger partial charge < -0.3 is 4.74 Å². The molecule has 20 heavy (non-hydrogen) atoms. The Morgan fingerprint density at radius 1 is 1.15 bits per heavy atom. The Labute approximate surface area is 123 Å². The Kier molecular flexibility index (Phi) is 3.52. The minimum Gasteiger partial charge on any atom is -0.372 e. The number of carbonyl (C=O) groups excluding carboxylic acids is 1. The second-order valence-corrected chi connectivity index (χ2v) is 8.65. The van der Waals surface area contributed by atoms with Crippen molar-refractivity contribution in [1.29, 1.82) is 0 Å². The second kappa shape index (κ2) is 4.83. The molecule has 0 heterocycles. The summed E-state index contributed by atoms with van der Waals surface area (Å²) in [4.78, 5) is 11.7. The summed E-state index contributed by atoms with van der Waals surface area (Å²) in [5, 5.41) is 0. The van der Waals surface area contributed by atoms with Crippen LogP contribution in [-0.2, 0) is 9.53 Å². The highest BCUT2D eigenvalue weighted by Gasteiger charge is 2.55. The average molecular weight is 278 g/mol. The van der Waals surface area contributed by atoms with E-state index < -0.39 is 0 Å². The highest BCUT2D eigenvalue weighted by atomic mass is 16.5. The quantitative estimate of drug-likeness (QED) is 0.712. The van der Waals surface area contributed by atoms with E-state index in [1.54, 1.807) is 0 Å². The lowest BCUT2D eigenvalue weighted by atomic mass is 9.56. The van der Waals surface area contributed by atoms with Gasteiger partial charge in [-0.25, -0.2) is 0 Å². The average Bonchev–Trinajstić information content (AvgIpc) is 2.65. The van der Waals surface area contributed by atoms with Crippen LogP contribution in [0.2, 0.25) is 0 Å². The molecule has 0 aromatic rings. The molecule has 5 atom stereocenters. The van der Waals surface area contributed by atoms with Crippen molar-refractivity contribution in [2.24, 2.45) is 23.2 Å². The summed E-state index contributed by atoms with van der Waals surface area (Å²) >= 11 is 0. The maximum Gasteiger partial charge on any atom is 0.133 e. The van der Waals surface area contributed by atoms with Crippen molar-refractivity contribution in [3.8, 4) is 0 Å². The Morgan fingerprint density at radius 2 is 1.90 bits per heavy atom. The molecule has 3 saturated carbocycles. The molecule has 3 aliphatic rings. The van der Waals surface area contributed by atoms with Gasteiger partial charge in [-0.05, 0) is 76.0 Å². The number of ether oxygens (including phenoxy) is 1. The summed E-state index contributed by atoms with van der Waals surface area (Å²) in [5.41, 5.74) is 0.316. The van der Waals surface area contributed by atoms with Crippen molar-refractivity contribution in [3.63, 3.8) is 0 Å². The standard InChI is InChI=1S/C18H30O2/c1-17(2,3)20-16-8-7-15-14-6-5-13(19)11-12(14)9-10-18(15,16)4/h12,14-16H,5-11H2,1-4H3/t12-,14-,15+,16+,18+/m0/s1. The first kappa shape index (κ1) is 14.6. The van der Waals surface area contributed by atoms with Crippen molar-refractivity contribution >= 4 is 5.78 Å². The third kappa shape index (κ3) is 2.45. The van der Waals surface area contributed by atoms with E-state index in [4.69, 9.17) is 4.74 Å². The molecule has 2 nitrogen and oxygen atoms in total. The molecule has 0 unspecified atom stereocenters. The van der Waals surface area contributed by atoms with E-state index in [9.17, 15) is 4.79 Å². The molecule has 3 fully saturated rings. The van der Waals surface area contributed by atoms with Gasteiger partial charge in [-0.15, -0.1) is 0 Å². The number of carbonyl (C=O) groups is 1. The summed E-state index contributed by atoms with van der Waals surface area (Å²) in [6.07, 6.45) is 8.29. The van der Waals surface area contributed by atoms with Gasteiger partial charge in [0.15, 0.2) is 0 Å². The molecule has 2 heteroatoms. The molecule has 0 saturated heterocycles. The number of hydrogen-bond acceptors (Lipinski definition) is 2. The van der Waals surface area contributed by atoms with Crippen molar-refractivity contribution in [3.05, 3.63) is 0 Å². The van der Waals surface area contributed by atoms with Gasteiger partial charge in [-0.1, -0.05) is 6.92 Å². The highest BCUT2D eigenvalue weighted by Crippen LogP contribution is 2.60. The van der Waals surface area contributed by atoms with Crippen LogP contribution in [0.25, 0.3) is 0 Å². The van der Waals surface area contributed by atoms with Gasteiger partial charge in [-0.2, -0.15) is 0 Å². The third-order valence-electron chi connectivity index (χ3n) is 6.24. The largest absolute Gasteiger partial charge is 0.372 e. The molecule has 0 N–H and O–H groups in total. The van der Waals surface area contributed by atoms with Crippen LogP contribution in [0.15, 0.2) is 0 Å². The van der Waals surface area contributed by atoms with Gasteiger partial charge in [0.05, 0.1) is 11.7 Å². The summed E-state index contributed by atoms with van der Waals surface area (Å²) < 4.78 is 6.41. The first-order valence-corrected chi connectivity index (χ1v) is 8.49. The van der Waals surface area contributed by atoms with Gasteiger partial charge in [0.2, 0.25) is 0 Å². The molecule has 0 aromatic heterocycles. The molecule has 0 spiro atoms. The monoisotopic (exact) mass is 278 g/mol. The first-order valence-electron chi connectivity index (χ1n) is 8.49. The van der Waals surface area contributed by atoms with Crippen LogP contribution in [0.5, 0.6) is 0 Å². The second-order valence-electron chi connectivity index (χ2n) is 8.65. The lowest BCUT2D eigenvalue weighted by Crippen LogP contribution is -2.47. The number of fused-ring (bicyclic) bond motifs is 3. The fraction of sp³-hybridized carbons (Fsp3) is 0.944. The van der Waals surface area contributed by atoms with Gasteiger partial charge >= 0.3 is 0 Å². The number of hydrogen-bond donors (Lipinski definition) is 0. The van der Waals surface area contributed by atoms with Crippen molar-refractivity contribution in [2.75, 3.05) is 0 Å². The zero-order valence-corrected chi connectivity index (χ0v) is 13.6. The van der Waals surface area contributed by atoms with E-state index in [0.29, 0.717) is 23.2 Å². The molecular weight excluding hydrogens is 248 g/mol. The van der Waals surface area contributed by atoms with Crippen LogP contribution in [0.4, 0.5) is 0 Å². The zero-order valence-electron chi connectivity index (χ0n) is 13.6. The van der Waals surface area contributed by atoms with Gasteiger partial charge in [0, 0.05) is 12.8 Å². The third-order valence-corrected chi connectivity index (χ3v) is 6.24. The molecule has 3 aliphatic carbocycles. The smallest absolute Gasteiger partial charge is 0.133 e. The van der Waals surface area contributed by atoms with Crippen LogP contribution >= 0.6 is 0 Å². The minimum absolute atomic E-state index is 0.0397. The van der Waals surface area contributed by atoms with Crippen LogP contribution < -0.4 is 0 Å². The van der Waals surface area contributed by atoms with Crippen LogP contribution in [-0.4, -0.2) is 17.5 Å². The predicted molar refractivity (Wildman–Crippen MR) is 80.5 cm³/mol. The Balaban J connectivity index is 1.77. The number of rotatable bonds is 1. The Hall–Kier alpha value is -0.370. The lowest BCUT2D eigenvalue weighted by Gasteiger charge is -2.50. The van der Waals surface area contributed by atoms with Crippen molar-refractivity contribution in [2.45, 2.75) is 84.3 Å². The van der Waals surface area contributed by atoms with E-state index in [-0.39, 0.29) is 5.60 Å².